The summed E-state index contributed by atoms with van der Waals surface area (Å²) in [6, 6.07) is 7.83. The second-order valence-corrected chi connectivity index (χ2v) is 7.17. The Balaban J connectivity index is 2.19. The zero-order chi connectivity index (χ0) is 18.6. The smallest absolute Gasteiger partial charge is 0.265 e. The van der Waals surface area contributed by atoms with Crippen molar-refractivity contribution in [3.05, 3.63) is 68.5 Å². The van der Waals surface area contributed by atoms with Gasteiger partial charge in [-0.15, -0.1) is 0 Å². The summed E-state index contributed by atoms with van der Waals surface area (Å²) < 4.78 is 14.1. The van der Waals surface area contributed by atoms with E-state index in [9.17, 15) is 18.8 Å². The second kappa shape index (κ2) is 7.46. The van der Waals surface area contributed by atoms with Gasteiger partial charge in [-0.1, -0.05) is 32.9 Å². The first-order valence-corrected chi connectivity index (χ1v) is 7.99. The molecule has 2 aromatic rings. The Morgan fingerprint density at radius 3 is 2.40 bits per heavy atom. The second-order valence-electron chi connectivity index (χ2n) is 7.17. The zero-order valence-corrected chi connectivity index (χ0v) is 14.5. The van der Waals surface area contributed by atoms with Gasteiger partial charge in [0.05, 0.1) is 6.04 Å². The fraction of sp³-hybridized carbons (Fsp3) is 0.389. The van der Waals surface area contributed by atoms with Crippen LogP contribution in [-0.4, -0.2) is 15.7 Å². The molecule has 1 amide bonds. The summed E-state index contributed by atoms with van der Waals surface area (Å²) in [5.41, 5.74) is -0.232. The molecule has 2 N–H and O–H groups in total. The maximum Gasteiger partial charge on any atom is 0.265 e. The third kappa shape index (κ3) is 5.70. The van der Waals surface area contributed by atoms with Crippen molar-refractivity contribution < 1.29 is 9.18 Å². The third-order valence-corrected chi connectivity index (χ3v) is 3.61. The number of nitrogens with zero attached hydrogens (tertiary/aromatic N) is 1. The van der Waals surface area contributed by atoms with E-state index in [4.69, 9.17) is 0 Å². The highest BCUT2D eigenvalue weighted by Gasteiger charge is 2.22. The number of hydrogen-bond donors (Lipinski definition) is 2. The van der Waals surface area contributed by atoms with Crippen LogP contribution in [-0.2, 0) is 11.3 Å². The molecule has 25 heavy (non-hydrogen) atoms. The van der Waals surface area contributed by atoms with Crippen molar-refractivity contribution in [3.8, 4) is 0 Å². The molecule has 134 valence electrons. The molecule has 1 aromatic heterocycles. The molecular weight excluding hydrogens is 325 g/mol. The topological polar surface area (TPSA) is 84.0 Å². The molecule has 0 saturated heterocycles. The predicted molar refractivity (Wildman–Crippen MR) is 92.7 cm³/mol. The van der Waals surface area contributed by atoms with E-state index < -0.39 is 17.0 Å². The number of rotatable bonds is 5. The van der Waals surface area contributed by atoms with Crippen LogP contribution in [0, 0.1) is 11.2 Å². The molecule has 0 saturated carbocycles. The standard InChI is InChI=1S/C18H22FN3O3/c1-18(2,3)10-14(12-4-6-13(19)7-5-12)20-16(24)11-22-17(25)9-8-15(23)21-22/h4-9,14H,10-11H2,1-3H3,(H,20,24)(H,21,23). The van der Waals surface area contributed by atoms with Crippen LogP contribution in [0.4, 0.5) is 4.39 Å². The van der Waals surface area contributed by atoms with E-state index in [0.29, 0.717) is 6.42 Å². The van der Waals surface area contributed by atoms with Crippen molar-refractivity contribution in [2.24, 2.45) is 5.41 Å². The molecule has 0 bridgehead atoms. The van der Waals surface area contributed by atoms with E-state index in [0.717, 1.165) is 22.4 Å². The highest BCUT2D eigenvalue weighted by atomic mass is 19.1. The Hall–Kier alpha value is -2.70. The van der Waals surface area contributed by atoms with E-state index in [1.54, 1.807) is 12.1 Å². The zero-order valence-electron chi connectivity index (χ0n) is 14.5. The van der Waals surface area contributed by atoms with Gasteiger partial charge >= 0.3 is 0 Å². The van der Waals surface area contributed by atoms with Crippen LogP contribution in [0.25, 0.3) is 0 Å². The summed E-state index contributed by atoms with van der Waals surface area (Å²) in [4.78, 5) is 35.4. The van der Waals surface area contributed by atoms with Crippen molar-refractivity contribution in [1.82, 2.24) is 15.1 Å². The lowest BCUT2D eigenvalue weighted by Crippen LogP contribution is -2.38. The van der Waals surface area contributed by atoms with Gasteiger partial charge in [0.25, 0.3) is 11.1 Å². The first kappa shape index (κ1) is 18.6. The van der Waals surface area contributed by atoms with Gasteiger partial charge in [0.2, 0.25) is 5.91 Å². The number of carbonyl (C=O) groups excluding carboxylic acids is 1. The molecule has 0 fully saturated rings. The fourth-order valence-corrected chi connectivity index (χ4v) is 2.52. The minimum Gasteiger partial charge on any atom is -0.348 e. The van der Waals surface area contributed by atoms with Gasteiger partial charge in [-0.05, 0) is 29.5 Å². The van der Waals surface area contributed by atoms with Gasteiger partial charge in [0, 0.05) is 12.1 Å². The average Bonchev–Trinajstić information content (AvgIpc) is 2.49. The number of hydrogen-bond acceptors (Lipinski definition) is 3. The lowest BCUT2D eigenvalue weighted by Gasteiger charge is -2.27. The molecule has 1 aromatic carbocycles. The largest absolute Gasteiger partial charge is 0.348 e. The molecule has 6 nitrogen and oxygen atoms in total. The summed E-state index contributed by atoms with van der Waals surface area (Å²) in [5.74, 6) is -0.763. The minimum atomic E-state index is -0.469. The molecule has 1 unspecified atom stereocenters. The number of H-pyrrole nitrogens is 1. The average molecular weight is 347 g/mol. The Morgan fingerprint density at radius 2 is 1.80 bits per heavy atom. The first-order chi connectivity index (χ1) is 11.6. The molecule has 0 aliphatic heterocycles. The highest BCUT2D eigenvalue weighted by molar-refractivity contribution is 5.76. The quantitative estimate of drug-likeness (QED) is 0.867. The number of amides is 1. The maximum atomic E-state index is 13.2. The van der Waals surface area contributed by atoms with Crippen molar-refractivity contribution >= 4 is 5.91 Å². The van der Waals surface area contributed by atoms with Crippen LogP contribution in [0.2, 0.25) is 0 Å². The van der Waals surface area contributed by atoms with E-state index >= 15 is 0 Å². The molecule has 1 atom stereocenters. The van der Waals surface area contributed by atoms with Gasteiger partial charge < -0.3 is 5.32 Å². The Morgan fingerprint density at radius 1 is 1.16 bits per heavy atom. The summed E-state index contributed by atoms with van der Waals surface area (Å²) in [6.45, 7) is 5.81. The van der Waals surface area contributed by atoms with Gasteiger partial charge in [0.15, 0.2) is 0 Å². The first-order valence-electron chi connectivity index (χ1n) is 7.99. The van der Waals surface area contributed by atoms with E-state index in [-0.39, 0.29) is 23.8 Å². The number of aromatic amines is 1. The van der Waals surface area contributed by atoms with Crippen LogP contribution in [0.15, 0.2) is 46.0 Å². The fourth-order valence-electron chi connectivity index (χ4n) is 2.52. The van der Waals surface area contributed by atoms with Gasteiger partial charge in [-0.25, -0.2) is 9.07 Å². The Kier molecular flexibility index (Phi) is 5.56. The molecule has 1 heterocycles. The Bertz CT molecular complexity index is 847. The van der Waals surface area contributed by atoms with Crippen LogP contribution in [0.3, 0.4) is 0 Å². The van der Waals surface area contributed by atoms with Crippen LogP contribution in [0.1, 0.15) is 38.8 Å². The van der Waals surface area contributed by atoms with Crippen molar-refractivity contribution in [1.29, 1.82) is 0 Å². The molecule has 0 aliphatic carbocycles. The van der Waals surface area contributed by atoms with Crippen LogP contribution < -0.4 is 16.4 Å². The molecule has 0 radical (unpaired) electrons. The number of carbonyl (C=O) groups is 1. The van der Waals surface area contributed by atoms with Gasteiger partial charge in [-0.2, -0.15) is 0 Å². The van der Waals surface area contributed by atoms with Crippen molar-refractivity contribution in [2.75, 3.05) is 0 Å². The highest BCUT2D eigenvalue weighted by Crippen LogP contribution is 2.29. The van der Waals surface area contributed by atoms with Gasteiger partial charge in [-0.3, -0.25) is 19.5 Å². The van der Waals surface area contributed by atoms with Crippen LogP contribution in [0.5, 0.6) is 0 Å². The molecule has 0 aliphatic rings. The monoisotopic (exact) mass is 347 g/mol. The molecule has 7 heteroatoms. The Labute approximate surface area is 144 Å². The number of halogens is 1. The van der Waals surface area contributed by atoms with Gasteiger partial charge in [0.1, 0.15) is 12.4 Å². The third-order valence-electron chi connectivity index (χ3n) is 3.61. The van der Waals surface area contributed by atoms with Crippen molar-refractivity contribution in [3.63, 3.8) is 0 Å². The normalized spacial score (nSPS) is 12.6. The number of nitrogens with one attached hydrogen (secondary N) is 2. The lowest BCUT2D eigenvalue weighted by molar-refractivity contribution is -0.122. The summed E-state index contributed by atoms with van der Waals surface area (Å²) in [5, 5.41) is 5.17. The maximum absolute atomic E-state index is 13.2. The SMILES string of the molecule is CC(C)(C)CC(NC(=O)Cn1[nH]c(=O)ccc1=O)c1ccc(F)cc1. The minimum absolute atomic E-state index is 0.0791. The predicted octanol–water partition coefficient (Wildman–Crippen LogP) is 1.97. The summed E-state index contributed by atoms with van der Waals surface area (Å²) >= 11 is 0. The van der Waals surface area contributed by atoms with E-state index in [2.05, 4.69) is 10.4 Å². The molecule has 0 spiro atoms. The van der Waals surface area contributed by atoms with E-state index in [1.165, 1.54) is 12.1 Å². The van der Waals surface area contributed by atoms with Crippen LogP contribution >= 0.6 is 0 Å². The molecular formula is C18H22FN3O3. The molecule has 2 rings (SSSR count). The summed E-state index contributed by atoms with van der Waals surface area (Å²) in [6.07, 6.45) is 0.630. The number of aromatic nitrogens is 2. The van der Waals surface area contributed by atoms with Crippen molar-refractivity contribution in [2.45, 2.75) is 39.8 Å². The summed E-state index contributed by atoms with van der Waals surface area (Å²) in [7, 11) is 0. The van der Waals surface area contributed by atoms with E-state index in [1.807, 2.05) is 20.8 Å². The lowest BCUT2D eigenvalue weighted by atomic mass is 9.85. The number of benzene rings is 1.